The van der Waals surface area contributed by atoms with Gasteiger partial charge < -0.3 is 20.5 Å². The Balaban J connectivity index is 1.67. The van der Waals surface area contributed by atoms with E-state index in [1.807, 2.05) is 37.3 Å². The van der Waals surface area contributed by atoms with Gasteiger partial charge >= 0.3 is 0 Å². The molecule has 0 aliphatic heterocycles. The van der Waals surface area contributed by atoms with Crippen molar-refractivity contribution in [1.29, 1.82) is 0 Å². The molecular weight excluding hydrogens is 290 g/mol. The van der Waals surface area contributed by atoms with Gasteiger partial charge in [0, 0.05) is 13.1 Å². The number of nitrogens with zero attached hydrogens (tertiary/aromatic N) is 1. The maximum Gasteiger partial charge on any atom is 0.191 e. The first-order valence-corrected chi connectivity index (χ1v) is 8.64. The molecule has 1 saturated carbocycles. The third-order valence-corrected chi connectivity index (χ3v) is 4.04. The summed E-state index contributed by atoms with van der Waals surface area (Å²) >= 11 is 0. The van der Waals surface area contributed by atoms with Gasteiger partial charge in [-0.15, -0.1) is 0 Å². The van der Waals surface area contributed by atoms with Crippen LogP contribution in [0.3, 0.4) is 0 Å². The fourth-order valence-corrected chi connectivity index (χ4v) is 2.74. The Morgan fingerprint density at radius 1 is 1.22 bits per heavy atom. The molecule has 128 valence electrons. The molecule has 2 rings (SSSR count). The molecule has 0 saturated heterocycles. The Hall–Kier alpha value is -1.75. The number of nitrogens with one attached hydrogen (secondary N) is 2. The topological polar surface area (TPSA) is 65.9 Å². The summed E-state index contributed by atoms with van der Waals surface area (Å²) in [6.07, 6.45) is 4.82. The van der Waals surface area contributed by atoms with E-state index >= 15 is 0 Å². The predicted molar refractivity (Wildman–Crippen MR) is 94.0 cm³/mol. The second kappa shape index (κ2) is 9.40. The van der Waals surface area contributed by atoms with Crippen molar-refractivity contribution in [3.8, 4) is 5.75 Å². The molecule has 1 aliphatic carbocycles. The van der Waals surface area contributed by atoms with E-state index in [-0.39, 0.29) is 0 Å². The number of aliphatic hydroxyl groups is 1. The zero-order valence-corrected chi connectivity index (χ0v) is 14.1. The van der Waals surface area contributed by atoms with E-state index in [4.69, 9.17) is 4.74 Å². The first kappa shape index (κ1) is 17.6. The number of ether oxygens (including phenoxy) is 1. The van der Waals surface area contributed by atoms with Gasteiger partial charge in [-0.2, -0.15) is 0 Å². The lowest BCUT2D eigenvalue weighted by Crippen LogP contribution is -2.40. The normalized spacial score (nSPS) is 17.0. The van der Waals surface area contributed by atoms with E-state index in [1.54, 1.807) is 0 Å². The number of rotatable bonds is 8. The van der Waals surface area contributed by atoms with Gasteiger partial charge in [0.2, 0.25) is 0 Å². The van der Waals surface area contributed by atoms with Crippen LogP contribution in [0.1, 0.15) is 39.0 Å². The van der Waals surface area contributed by atoms with Crippen LogP contribution in [0.4, 0.5) is 0 Å². The predicted octanol–water partition coefficient (Wildman–Crippen LogP) is 2.32. The van der Waals surface area contributed by atoms with Crippen LogP contribution in [0, 0.1) is 0 Å². The smallest absolute Gasteiger partial charge is 0.191 e. The maximum atomic E-state index is 10.4. The molecule has 0 aromatic heterocycles. The lowest BCUT2D eigenvalue weighted by molar-refractivity contribution is 0.0574. The van der Waals surface area contributed by atoms with E-state index in [2.05, 4.69) is 15.6 Å². The van der Waals surface area contributed by atoms with E-state index in [0.717, 1.165) is 56.9 Å². The van der Waals surface area contributed by atoms with E-state index in [9.17, 15) is 5.11 Å². The summed E-state index contributed by atoms with van der Waals surface area (Å²) in [5, 5.41) is 16.9. The zero-order valence-electron chi connectivity index (χ0n) is 14.1. The molecule has 0 amide bonds. The molecular formula is C18H29N3O2. The van der Waals surface area contributed by atoms with Gasteiger partial charge in [0.25, 0.3) is 0 Å². The SMILES string of the molecule is CCNC(=NCC1(O)CCCC1)NCCCOc1ccccc1. The average Bonchev–Trinajstić information content (AvgIpc) is 3.00. The number of benzene rings is 1. The van der Waals surface area contributed by atoms with Crippen molar-refractivity contribution in [2.45, 2.75) is 44.6 Å². The largest absolute Gasteiger partial charge is 0.494 e. The summed E-state index contributed by atoms with van der Waals surface area (Å²) < 4.78 is 5.66. The Labute approximate surface area is 139 Å². The third-order valence-electron chi connectivity index (χ3n) is 4.04. The van der Waals surface area contributed by atoms with Crippen molar-refractivity contribution >= 4 is 5.96 Å². The van der Waals surface area contributed by atoms with Gasteiger partial charge in [0.05, 0.1) is 18.8 Å². The van der Waals surface area contributed by atoms with Crippen molar-refractivity contribution in [2.75, 3.05) is 26.2 Å². The summed E-state index contributed by atoms with van der Waals surface area (Å²) in [6, 6.07) is 9.84. The van der Waals surface area contributed by atoms with Crippen molar-refractivity contribution in [3.63, 3.8) is 0 Å². The Bertz CT molecular complexity index is 470. The number of hydrogen-bond acceptors (Lipinski definition) is 3. The molecule has 0 spiro atoms. The van der Waals surface area contributed by atoms with Crippen LogP contribution in [0.5, 0.6) is 5.75 Å². The number of para-hydroxylation sites is 1. The highest BCUT2D eigenvalue weighted by atomic mass is 16.5. The van der Waals surface area contributed by atoms with Crippen molar-refractivity contribution in [1.82, 2.24) is 10.6 Å². The number of hydrogen-bond donors (Lipinski definition) is 3. The molecule has 1 aliphatic rings. The van der Waals surface area contributed by atoms with Crippen LogP contribution in [-0.2, 0) is 0 Å². The van der Waals surface area contributed by atoms with Crippen LogP contribution in [-0.4, -0.2) is 42.9 Å². The summed E-state index contributed by atoms with van der Waals surface area (Å²) in [4.78, 5) is 4.53. The monoisotopic (exact) mass is 319 g/mol. The lowest BCUT2D eigenvalue weighted by Gasteiger charge is -2.20. The highest BCUT2D eigenvalue weighted by Crippen LogP contribution is 2.29. The van der Waals surface area contributed by atoms with Crippen LogP contribution in [0.2, 0.25) is 0 Å². The first-order valence-electron chi connectivity index (χ1n) is 8.64. The summed E-state index contributed by atoms with van der Waals surface area (Å²) in [5.74, 6) is 1.67. The van der Waals surface area contributed by atoms with Gasteiger partial charge in [-0.3, -0.25) is 4.99 Å². The minimum Gasteiger partial charge on any atom is -0.494 e. The molecule has 3 N–H and O–H groups in total. The molecule has 0 heterocycles. The summed E-state index contributed by atoms with van der Waals surface area (Å²) in [5.41, 5.74) is -0.598. The molecule has 5 nitrogen and oxygen atoms in total. The molecule has 1 aromatic rings. The number of aliphatic imine (C=N–C) groups is 1. The minimum atomic E-state index is -0.598. The van der Waals surface area contributed by atoms with Crippen molar-refractivity contribution < 1.29 is 9.84 Å². The van der Waals surface area contributed by atoms with Gasteiger partial charge in [-0.05, 0) is 38.3 Å². The van der Waals surface area contributed by atoms with Gasteiger partial charge in [0.15, 0.2) is 5.96 Å². The Morgan fingerprint density at radius 3 is 2.65 bits per heavy atom. The van der Waals surface area contributed by atoms with Crippen molar-refractivity contribution in [3.05, 3.63) is 30.3 Å². The molecule has 23 heavy (non-hydrogen) atoms. The lowest BCUT2D eigenvalue weighted by atomic mass is 10.0. The van der Waals surface area contributed by atoms with Gasteiger partial charge in [-0.1, -0.05) is 31.0 Å². The fraction of sp³-hybridized carbons (Fsp3) is 0.611. The highest BCUT2D eigenvalue weighted by molar-refractivity contribution is 5.79. The second-order valence-corrected chi connectivity index (χ2v) is 6.07. The second-order valence-electron chi connectivity index (χ2n) is 6.07. The number of guanidine groups is 1. The van der Waals surface area contributed by atoms with Crippen molar-refractivity contribution in [2.24, 2.45) is 4.99 Å². The quantitative estimate of drug-likeness (QED) is 0.391. The molecule has 1 fully saturated rings. The molecule has 0 bridgehead atoms. The maximum absolute atomic E-state index is 10.4. The highest BCUT2D eigenvalue weighted by Gasteiger charge is 2.30. The van der Waals surface area contributed by atoms with Gasteiger partial charge in [0.1, 0.15) is 5.75 Å². The Kier molecular flexibility index (Phi) is 7.20. The van der Waals surface area contributed by atoms with Crippen LogP contribution >= 0.6 is 0 Å². The van der Waals surface area contributed by atoms with Crippen LogP contribution < -0.4 is 15.4 Å². The molecule has 0 atom stereocenters. The molecule has 5 heteroatoms. The third kappa shape index (κ3) is 6.48. The Morgan fingerprint density at radius 2 is 1.96 bits per heavy atom. The van der Waals surface area contributed by atoms with E-state index in [1.165, 1.54) is 0 Å². The zero-order chi connectivity index (χ0) is 16.4. The summed E-state index contributed by atoms with van der Waals surface area (Å²) in [6.45, 7) is 4.78. The minimum absolute atomic E-state index is 0.475. The summed E-state index contributed by atoms with van der Waals surface area (Å²) in [7, 11) is 0. The van der Waals surface area contributed by atoms with E-state index < -0.39 is 5.60 Å². The van der Waals surface area contributed by atoms with Crippen LogP contribution in [0.25, 0.3) is 0 Å². The standard InChI is InChI=1S/C18H29N3O2/c1-2-19-17(21-15-18(22)11-6-7-12-18)20-13-8-14-23-16-9-4-3-5-10-16/h3-5,9-10,22H,2,6-8,11-15H2,1H3,(H2,19,20,21). The van der Waals surface area contributed by atoms with E-state index in [0.29, 0.717) is 13.2 Å². The average molecular weight is 319 g/mol. The first-order chi connectivity index (χ1) is 11.2. The molecule has 0 radical (unpaired) electrons. The molecule has 1 aromatic carbocycles. The van der Waals surface area contributed by atoms with Crippen LogP contribution in [0.15, 0.2) is 35.3 Å². The molecule has 0 unspecified atom stereocenters. The van der Waals surface area contributed by atoms with Gasteiger partial charge in [-0.25, -0.2) is 0 Å². The fourth-order valence-electron chi connectivity index (χ4n) is 2.74.